The average molecular weight is 194 g/mol. The Morgan fingerprint density at radius 2 is 1.77 bits per heavy atom. The highest BCUT2D eigenvalue weighted by molar-refractivity contribution is 5.75. The molecule has 78 valence electrons. The number of aliphatic hydroxyl groups is 4. The van der Waals surface area contributed by atoms with Gasteiger partial charge in [-0.2, -0.15) is 0 Å². The van der Waals surface area contributed by atoms with Crippen LogP contribution in [0.15, 0.2) is 0 Å². The molecule has 0 aliphatic carbocycles. The van der Waals surface area contributed by atoms with Gasteiger partial charge in [-0.15, -0.1) is 0 Å². The third-order valence-electron chi connectivity index (χ3n) is 1.30. The van der Waals surface area contributed by atoms with Gasteiger partial charge in [0.2, 0.25) is 0 Å². The van der Waals surface area contributed by atoms with Crippen LogP contribution >= 0.6 is 0 Å². The number of rotatable bonds is 4. The zero-order valence-corrected chi connectivity index (χ0v) is 7.52. The van der Waals surface area contributed by atoms with Crippen molar-refractivity contribution in [3.05, 3.63) is 0 Å². The van der Waals surface area contributed by atoms with E-state index in [1.54, 1.807) is 13.8 Å². The number of carbonyl (C=O) groups is 1. The summed E-state index contributed by atoms with van der Waals surface area (Å²) in [5, 5.41) is 33.7. The molecule has 0 fully saturated rings. The van der Waals surface area contributed by atoms with Crippen LogP contribution in [0.3, 0.4) is 0 Å². The van der Waals surface area contributed by atoms with Gasteiger partial charge >= 0.3 is 11.9 Å². The van der Waals surface area contributed by atoms with Crippen molar-refractivity contribution in [3.8, 4) is 0 Å². The van der Waals surface area contributed by atoms with Crippen LogP contribution in [0.1, 0.15) is 13.8 Å². The number of esters is 1. The molecule has 0 aliphatic heterocycles. The van der Waals surface area contributed by atoms with Crippen molar-refractivity contribution in [3.63, 3.8) is 0 Å². The topological polar surface area (TPSA) is 107 Å². The zero-order chi connectivity index (χ0) is 10.7. The fourth-order valence-electron chi connectivity index (χ4n) is 0.403. The highest BCUT2D eigenvalue weighted by Crippen LogP contribution is 2.14. The molecule has 0 heterocycles. The minimum Gasteiger partial charge on any atom is -0.459 e. The van der Waals surface area contributed by atoms with E-state index in [2.05, 4.69) is 4.74 Å². The van der Waals surface area contributed by atoms with E-state index in [1.165, 1.54) is 0 Å². The van der Waals surface area contributed by atoms with E-state index in [1.807, 2.05) is 0 Å². The second kappa shape index (κ2) is 4.01. The van der Waals surface area contributed by atoms with Crippen molar-refractivity contribution < 1.29 is 30.0 Å². The molecule has 4 N–H and O–H groups in total. The van der Waals surface area contributed by atoms with Crippen LogP contribution in [0.5, 0.6) is 0 Å². The maximum Gasteiger partial charge on any atom is 0.397 e. The number of carbonyl (C=O) groups excluding carboxylic acids is 1. The largest absolute Gasteiger partial charge is 0.459 e. The molecule has 6 nitrogen and oxygen atoms in total. The van der Waals surface area contributed by atoms with Crippen molar-refractivity contribution >= 4 is 5.97 Å². The minimum absolute atomic E-state index is 0.217. The molecule has 0 aromatic carbocycles. The summed E-state index contributed by atoms with van der Waals surface area (Å²) in [6.07, 6.45) is 0. The summed E-state index contributed by atoms with van der Waals surface area (Å²) in [5.41, 5.74) is -0.680. The second-order valence-electron chi connectivity index (χ2n) is 3.53. The molecule has 0 atom stereocenters. The molecule has 0 amide bonds. The molecule has 0 aliphatic rings. The molecule has 0 rings (SSSR count). The van der Waals surface area contributed by atoms with Gasteiger partial charge in [-0.05, 0) is 0 Å². The summed E-state index contributed by atoms with van der Waals surface area (Å²) in [7, 11) is 0. The Balaban J connectivity index is 3.98. The molecule has 0 radical (unpaired) electrons. The van der Waals surface area contributed by atoms with E-state index >= 15 is 0 Å². The average Bonchev–Trinajstić information content (AvgIpc) is 1.98. The fraction of sp³-hybridized carbons (Fsp3) is 0.857. The molecule has 0 bridgehead atoms. The van der Waals surface area contributed by atoms with Gasteiger partial charge in [0, 0.05) is 5.41 Å². The molecular formula is C7H14O6. The van der Waals surface area contributed by atoms with E-state index in [0.29, 0.717) is 0 Å². The smallest absolute Gasteiger partial charge is 0.397 e. The van der Waals surface area contributed by atoms with Crippen LogP contribution in [-0.4, -0.2) is 45.6 Å². The van der Waals surface area contributed by atoms with Gasteiger partial charge in [0.15, 0.2) is 0 Å². The minimum atomic E-state index is -3.47. The van der Waals surface area contributed by atoms with Gasteiger partial charge in [-0.3, -0.25) is 0 Å². The summed E-state index contributed by atoms with van der Waals surface area (Å²) in [4.78, 5) is 10.6. The fourth-order valence-corrected chi connectivity index (χ4v) is 0.403. The SMILES string of the molecule is CC(C)(CO)COC(=O)C(O)(O)O. The number of hydrogen-bond donors (Lipinski definition) is 4. The first-order chi connectivity index (χ1) is 5.69. The third kappa shape index (κ3) is 4.79. The Bertz CT molecular complexity index is 180. The van der Waals surface area contributed by atoms with Gasteiger partial charge in [0.1, 0.15) is 0 Å². The van der Waals surface area contributed by atoms with Crippen molar-refractivity contribution in [1.29, 1.82) is 0 Å². The first-order valence-corrected chi connectivity index (χ1v) is 3.64. The van der Waals surface area contributed by atoms with Crippen LogP contribution in [0.2, 0.25) is 0 Å². The molecular weight excluding hydrogens is 180 g/mol. The van der Waals surface area contributed by atoms with E-state index in [-0.39, 0.29) is 13.2 Å². The van der Waals surface area contributed by atoms with E-state index in [9.17, 15) is 4.79 Å². The monoisotopic (exact) mass is 194 g/mol. The Kier molecular flexibility index (Phi) is 3.80. The first kappa shape index (κ1) is 12.3. The van der Waals surface area contributed by atoms with Gasteiger partial charge < -0.3 is 25.2 Å². The summed E-state index contributed by atoms with van der Waals surface area (Å²) in [5.74, 6) is -5.03. The molecule has 0 spiro atoms. The number of hydrogen-bond acceptors (Lipinski definition) is 6. The van der Waals surface area contributed by atoms with Crippen LogP contribution in [-0.2, 0) is 9.53 Å². The predicted molar refractivity (Wildman–Crippen MR) is 41.2 cm³/mol. The normalized spacial score (nSPS) is 12.8. The van der Waals surface area contributed by atoms with Crippen molar-refractivity contribution in [1.82, 2.24) is 0 Å². The molecule has 0 aromatic rings. The lowest BCUT2D eigenvalue weighted by Crippen LogP contribution is -2.41. The summed E-state index contributed by atoms with van der Waals surface area (Å²) in [6, 6.07) is 0. The summed E-state index contributed by atoms with van der Waals surface area (Å²) < 4.78 is 4.31. The first-order valence-electron chi connectivity index (χ1n) is 3.64. The lowest BCUT2D eigenvalue weighted by atomic mass is 9.97. The van der Waals surface area contributed by atoms with E-state index in [0.717, 1.165) is 0 Å². The van der Waals surface area contributed by atoms with E-state index < -0.39 is 17.4 Å². The number of ether oxygens (including phenoxy) is 1. The molecule has 0 aromatic heterocycles. The maximum atomic E-state index is 10.6. The second-order valence-corrected chi connectivity index (χ2v) is 3.53. The Labute approximate surface area is 75.4 Å². The Morgan fingerprint density at radius 3 is 2.08 bits per heavy atom. The van der Waals surface area contributed by atoms with Crippen LogP contribution in [0.4, 0.5) is 0 Å². The van der Waals surface area contributed by atoms with Crippen LogP contribution < -0.4 is 0 Å². The Morgan fingerprint density at radius 1 is 1.31 bits per heavy atom. The molecule has 6 heteroatoms. The predicted octanol–water partition coefficient (Wildman–Crippen LogP) is -1.82. The Hall–Kier alpha value is -0.690. The zero-order valence-electron chi connectivity index (χ0n) is 7.52. The quantitative estimate of drug-likeness (QED) is 0.310. The van der Waals surface area contributed by atoms with Gasteiger partial charge in [-0.1, -0.05) is 13.8 Å². The van der Waals surface area contributed by atoms with Crippen molar-refractivity contribution in [2.24, 2.45) is 5.41 Å². The lowest BCUT2D eigenvalue weighted by Gasteiger charge is -2.22. The van der Waals surface area contributed by atoms with Gasteiger partial charge in [0.25, 0.3) is 0 Å². The standard InChI is InChI=1S/C7H14O6/c1-6(2,3-8)4-13-5(9)7(10,11)12/h8,10-12H,3-4H2,1-2H3. The molecule has 0 saturated heterocycles. The highest BCUT2D eigenvalue weighted by atomic mass is 16.7. The van der Waals surface area contributed by atoms with E-state index in [4.69, 9.17) is 20.4 Å². The molecule has 0 unspecified atom stereocenters. The lowest BCUT2D eigenvalue weighted by molar-refractivity contribution is -0.304. The van der Waals surface area contributed by atoms with Gasteiger partial charge in [0.05, 0.1) is 13.2 Å². The summed E-state index contributed by atoms with van der Waals surface area (Å²) in [6.45, 7) is 2.77. The third-order valence-corrected chi connectivity index (χ3v) is 1.30. The van der Waals surface area contributed by atoms with Gasteiger partial charge in [-0.25, -0.2) is 4.79 Å². The van der Waals surface area contributed by atoms with Crippen LogP contribution in [0, 0.1) is 5.41 Å². The van der Waals surface area contributed by atoms with Crippen molar-refractivity contribution in [2.75, 3.05) is 13.2 Å². The maximum absolute atomic E-state index is 10.6. The summed E-state index contributed by atoms with van der Waals surface area (Å²) >= 11 is 0. The van der Waals surface area contributed by atoms with Crippen molar-refractivity contribution in [2.45, 2.75) is 19.8 Å². The molecule has 13 heavy (non-hydrogen) atoms. The highest BCUT2D eigenvalue weighted by Gasteiger charge is 2.33. The number of aliphatic hydroxyl groups excluding tert-OH is 1. The molecule has 0 saturated carbocycles. The van der Waals surface area contributed by atoms with Crippen LogP contribution in [0.25, 0.3) is 0 Å².